The van der Waals surface area contributed by atoms with Crippen LogP contribution in [0.3, 0.4) is 0 Å². The molecule has 0 rings (SSSR count). The lowest BCUT2D eigenvalue weighted by Crippen LogP contribution is -2.43. The summed E-state index contributed by atoms with van der Waals surface area (Å²) in [6.45, 7) is 2.32. The highest BCUT2D eigenvalue weighted by Crippen LogP contribution is 2.41. The summed E-state index contributed by atoms with van der Waals surface area (Å²) in [4.78, 5) is 18.2. The highest BCUT2D eigenvalue weighted by molar-refractivity contribution is 7.52. The van der Waals surface area contributed by atoms with E-state index in [-0.39, 0.29) is 6.61 Å². The molecule has 0 amide bonds. The van der Waals surface area contributed by atoms with E-state index in [9.17, 15) is 9.13 Å². The Morgan fingerprint density at radius 1 is 1.12 bits per heavy atom. The Bertz CT molecular complexity index is 327. The molecule has 3 unspecified atom stereocenters. The van der Waals surface area contributed by atoms with E-state index in [0.717, 1.165) is 13.3 Å². The fourth-order valence-electron chi connectivity index (χ4n) is 1.23. The zero-order chi connectivity index (χ0) is 13.9. The molecule has 17 heavy (non-hydrogen) atoms. The van der Waals surface area contributed by atoms with Crippen LogP contribution in [0.15, 0.2) is 0 Å². The monoisotopic (exact) mass is 290 g/mol. The molecular formula is C8H22NO6P2+. The molecule has 0 fully saturated rings. The Morgan fingerprint density at radius 3 is 1.88 bits per heavy atom. The van der Waals surface area contributed by atoms with Crippen molar-refractivity contribution in [2.45, 2.75) is 6.10 Å². The van der Waals surface area contributed by atoms with Gasteiger partial charge in [0.25, 0.3) is 0 Å². The van der Waals surface area contributed by atoms with Crippen LogP contribution in [-0.4, -0.2) is 68.0 Å². The fraction of sp³-hybridized carbons (Fsp3) is 1.00. The van der Waals surface area contributed by atoms with Crippen molar-refractivity contribution in [3.05, 3.63) is 0 Å². The first-order valence-electron chi connectivity index (χ1n) is 5.02. The molecule has 0 heterocycles. The van der Waals surface area contributed by atoms with E-state index < -0.39 is 21.3 Å². The summed E-state index contributed by atoms with van der Waals surface area (Å²) in [6.07, 6.45) is -0.712. The van der Waals surface area contributed by atoms with E-state index in [1.165, 1.54) is 0 Å². The van der Waals surface area contributed by atoms with Crippen molar-refractivity contribution in [3.8, 4) is 0 Å². The summed E-state index contributed by atoms with van der Waals surface area (Å²) in [5.74, 6) is 0. The number of quaternary nitrogens is 1. The summed E-state index contributed by atoms with van der Waals surface area (Å²) < 4.78 is 32.3. The van der Waals surface area contributed by atoms with E-state index in [1.807, 2.05) is 21.1 Å². The average Bonchev–Trinajstić information content (AvgIpc) is 1.92. The lowest BCUT2D eigenvalue weighted by Gasteiger charge is -2.29. The third-order valence-corrected chi connectivity index (χ3v) is 2.91. The molecule has 0 aliphatic rings. The maximum absolute atomic E-state index is 11.2. The average molecular weight is 290 g/mol. The molecular weight excluding hydrogens is 268 g/mol. The molecule has 9 heteroatoms. The van der Waals surface area contributed by atoms with Gasteiger partial charge in [-0.3, -0.25) is 13.7 Å². The van der Waals surface area contributed by atoms with Crippen molar-refractivity contribution in [1.29, 1.82) is 0 Å². The van der Waals surface area contributed by atoms with E-state index in [4.69, 9.17) is 18.8 Å². The van der Waals surface area contributed by atoms with Gasteiger partial charge in [0.2, 0.25) is 0 Å². The van der Waals surface area contributed by atoms with Gasteiger partial charge in [0, 0.05) is 13.3 Å². The second-order valence-corrected chi connectivity index (χ2v) is 8.78. The summed E-state index contributed by atoms with van der Waals surface area (Å²) in [5, 5.41) is 0. The van der Waals surface area contributed by atoms with Gasteiger partial charge in [-0.25, -0.2) is 0 Å². The van der Waals surface area contributed by atoms with Crippen LogP contribution < -0.4 is 0 Å². The van der Waals surface area contributed by atoms with Crippen molar-refractivity contribution >= 4 is 15.2 Å². The molecule has 0 aromatic heterocycles. The standard InChI is InChI=1S/C8H21NO6P2/c1-9(2,3)6-8(15-17(5,12)13)7-14-16(4,10)11/h8H,6-7H2,1-5H3,(H-,10,11,12,13)/p+1. The second-order valence-electron chi connectivity index (χ2n) is 5.10. The Hall–Kier alpha value is 0.260. The van der Waals surface area contributed by atoms with Crippen LogP contribution in [0, 0.1) is 0 Å². The lowest BCUT2D eigenvalue weighted by atomic mass is 10.3. The normalized spacial score (nSPS) is 21.6. The van der Waals surface area contributed by atoms with Crippen LogP contribution in [0.5, 0.6) is 0 Å². The summed E-state index contributed by atoms with van der Waals surface area (Å²) >= 11 is 0. The Kier molecular flexibility index (Phi) is 6.02. The fourth-order valence-corrected chi connectivity index (χ4v) is 2.35. The summed E-state index contributed by atoms with van der Waals surface area (Å²) in [6, 6.07) is 0. The van der Waals surface area contributed by atoms with Gasteiger partial charge < -0.3 is 18.8 Å². The van der Waals surface area contributed by atoms with Gasteiger partial charge in [0.1, 0.15) is 12.6 Å². The maximum Gasteiger partial charge on any atom is 0.325 e. The quantitative estimate of drug-likeness (QED) is 0.530. The predicted molar refractivity (Wildman–Crippen MR) is 65.2 cm³/mol. The van der Waals surface area contributed by atoms with Gasteiger partial charge >= 0.3 is 15.2 Å². The molecule has 0 bridgehead atoms. The number of rotatable bonds is 7. The molecule has 0 saturated heterocycles. The zero-order valence-electron chi connectivity index (χ0n) is 10.9. The molecule has 104 valence electrons. The topological polar surface area (TPSA) is 93.1 Å². The van der Waals surface area contributed by atoms with Gasteiger partial charge in [-0.15, -0.1) is 0 Å². The van der Waals surface area contributed by atoms with Gasteiger partial charge in [-0.2, -0.15) is 0 Å². The first-order chi connectivity index (χ1) is 7.29. The van der Waals surface area contributed by atoms with Crippen molar-refractivity contribution in [3.63, 3.8) is 0 Å². The van der Waals surface area contributed by atoms with Crippen molar-refractivity contribution < 1.29 is 32.4 Å². The van der Waals surface area contributed by atoms with E-state index in [1.54, 1.807) is 0 Å². The summed E-state index contributed by atoms with van der Waals surface area (Å²) in [7, 11) is -1.64. The van der Waals surface area contributed by atoms with Gasteiger partial charge in [-0.1, -0.05) is 0 Å². The zero-order valence-corrected chi connectivity index (χ0v) is 12.6. The van der Waals surface area contributed by atoms with Gasteiger partial charge in [0.05, 0.1) is 27.7 Å². The highest BCUT2D eigenvalue weighted by Gasteiger charge is 2.27. The van der Waals surface area contributed by atoms with Crippen LogP contribution in [0.25, 0.3) is 0 Å². The molecule has 0 aliphatic carbocycles. The second kappa shape index (κ2) is 5.93. The van der Waals surface area contributed by atoms with Crippen LogP contribution in [-0.2, 0) is 18.2 Å². The number of likely N-dealkylation sites (N-methyl/N-ethyl adjacent to an activating group) is 1. The molecule has 0 aromatic rings. The molecule has 0 aromatic carbocycles. The van der Waals surface area contributed by atoms with Crippen molar-refractivity contribution in [2.75, 3.05) is 47.6 Å². The minimum absolute atomic E-state index is 0.196. The Morgan fingerprint density at radius 2 is 1.59 bits per heavy atom. The van der Waals surface area contributed by atoms with Crippen LogP contribution in [0.1, 0.15) is 0 Å². The number of hydrogen-bond donors (Lipinski definition) is 2. The Labute approximate surface area is 102 Å². The molecule has 0 aliphatic heterocycles. The van der Waals surface area contributed by atoms with Crippen molar-refractivity contribution in [1.82, 2.24) is 0 Å². The third-order valence-electron chi connectivity index (χ3n) is 1.60. The predicted octanol–water partition coefficient (Wildman–Crippen LogP) is 0.725. The molecule has 3 atom stereocenters. The van der Waals surface area contributed by atoms with E-state index in [2.05, 4.69) is 0 Å². The van der Waals surface area contributed by atoms with Crippen LogP contribution in [0.2, 0.25) is 0 Å². The molecule has 0 spiro atoms. The van der Waals surface area contributed by atoms with Crippen LogP contribution >= 0.6 is 15.2 Å². The number of hydrogen-bond acceptors (Lipinski definition) is 4. The smallest absolute Gasteiger partial charge is 0.325 e. The highest BCUT2D eigenvalue weighted by atomic mass is 31.2. The van der Waals surface area contributed by atoms with E-state index >= 15 is 0 Å². The first kappa shape index (κ1) is 17.3. The molecule has 0 saturated carbocycles. The first-order valence-corrected chi connectivity index (χ1v) is 9.07. The van der Waals surface area contributed by atoms with Gasteiger partial charge in [0.15, 0.2) is 0 Å². The minimum atomic E-state index is -3.65. The van der Waals surface area contributed by atoms with Gasteiger partial charge in [-0.05, 0) is 0 Å². The number of nitrogens with zero attached hydrogens (tertiary/aromatic N) is 1. The minimum Gasteiger partial charge on any atom is -0.329 e. The maximum atomic E-state index is 11.2. The molecule has 7 nitrogen and oxygen atoms in total. The lowest BCUT2D eigenvalue weighted by molar-refractivity contribution is -0.873. The van der Waals surface area contributed by atoms with Crippen molar-refractivity contribution in [2.24, 2.45) is 0 Å². The third kappa shape index (κ3) is 12.5. The SMILES string of the molecule is C[N+](C)(C)CC(COP(C)(=O)O)OP(C)(=O)O. The van der Waals surface area contributed by atoms with Crippen LogP contribution in [0.4, 0.5) is 0 Å². The van der Waals surface area contributed by atoms with E-state index in [0.29, 0.717) is 11.0 Å². The molecule has 2 N–H and O–H groups in total. The summed E-state index contributed by atoms with van der Waals surface area (Å²) in [5.41, 5.74) is 0. The Balaban J connectivity index is 4.52. The largest absolute Gasteiger partial charge is 0.329 e. The molecule has 0 radical (unpaired) electrons.